The Labute approximate surface area is 145 Å². The van der Waals surface area contributed by atoms with Crippen LogP contribution in [0.2, 0.25) is 0 Å². The van der Waals surface area contributed by atoms with E-state index in [-0.39, 0.29) is 41.6 Å². The van der Waals surface area contributed by atoms with Crippen LogP contribution in [0.1, 0.15) is 38.5 Å². The highest BCUT2D eigenvalue weighted by Crippen LogP contribution is 2.58. The molecule has 1 heterocycles. The van der Waals surface area contributed by atoms with E-state index in [9.17, 15) is 13.2 Å². The van der Waals surface area contributed by atoms with Crippen molar-refractivity contribution in [1.82, 2.24) is 15.4 Å². The minimum atomic E-state index is -3.17. The molecule has 0 aromatic heterocycles. The second kappa shape index (κ2) is 7.25. The number of sulfonamides is 1. The topological polar surface area (TPSA) is 87.3 Å². The molecule has 3 fully saturated rings. The third-order valence-corrected chi connectivity index (χ3v) is 6.40. The van der Waals surface area contributed by atoms with Gasteiger partial charge in [-0.1, -0.05) is 6.42 Å². The highest BCUT2D eigenvalue weighted by Gasteiger charge is 2.57. The SMILES string of the molecule is CS(=O)(=O)NC1CCCC1CNC(=O)C1CC12CCNCC2.Cl. The molecule has 3 rings (SSSR count). The van der Waals surface area contributed by atoms with Crippen molar-refractivity contribution in [2.45, 2.75) is 44.6 Å². The van der Waals surface area contributed by atoms with Crippen LogP contribution in [0.4, 0.5) is 0 Å². The Hall–Kier alpha value is -0.370. The Morgan fingerprint density at radius 2 is 1.96 bits per heavy atom. The van der Waals surface area contributed by atoms with Gasteiger partial charge in [0.2, 0.25) is 15.9 Å². The smallest absolute Gasteiger partial charge is 0.223 e. The highest BCUT2D eigenvalue weighted by molar-refractivity contribution is 7.88. The summed E-state index contributed by atoms with van der Waals surface area (Å²) >= 11 is 0. The lowest BCUT2D eigenvalue weighted by atomic mass is 9.91. The lowest BCUT2D eigenvalue weighted by Gasteiger charge is -2.24. The lowest BCUT2D eigenvalue weighted by molar-refractivity contribution is -0.123. The third kappa shape index (κ3) is 4.59. The zero-order valence-corrected chi connectivity index (χ0v) is 15.3. The number of piperidine rings is 1. The van der Waals surface area contributed by atoms with Crippen molar-refractivity contribution < 1.29 is 13.2 Å². The number of carbonyl (C=O) groups is 1. The van der Waals surface area contributed by atoms with Crippen molar-refractivity contribution in [3.05, 3.63) is 0 Å². The summed E-state index contributed by atoms with van der Waals surface area (Å²) < 4.78 is 25.5. The summed E-state index contributed by atoms with van der Waals surface area (Å²) in [4.78, 5) is 12.4. The fraction of sp³-hybridized carbons (Fsp3) is 0.933. The summed E-state index contributed by atoms with van der Waals surface area (Å²) in [5.74, 6) is 0.575. The van der Waals surface area contributed by atoms with E-state index in [0.717, 1.165) is 51.6 Å². The second-order valence-corrected chi connectivity index (χ2v) is 9.08. The van der Waals surface area contributed by atoms with Crippen LogP contribution in [0.15, 0.2) is 0 Å². The maximum absolute atomic E-state index is 12.4. The summed E-state index contributed by atoms with van der Waals surface area (Å²) in [6, 6.07) is -0.0256. The first kappa shape index (κ1) is 19.0. The number of halogens is 1. The van der Waals surface area contributed by atoms with E-state index in [2.05, 4.69) is 15.4 Å². The standard InChI is InChI=1S/C15H27N3O3S.ClH/c1-22(20,21)18-13-4-2-3-11(13)10-17-14(19)12-9-15(12)5-7-16-8-6-15;/h11-13,16,18H,2-10H2,1H3,(H,17,19);1H. The number of amides is 1. The average molecular weight is 366 g/mol. The molecule has 8 heteroatoms. The monoisotopic (exact) mass is 365 g/mol. The van der Waals surface area contributed by atoms with Gasteiger partial charge in [0.05, 0.1) is 6.26 Å². The largest absolute Gasteiger partial charge is 0.356 e. The zero-order chi connectivity index (χ0) is 15.8. The van der Waals surface area contributed by atoms with Crippen molar-refractivity contribution in [2.75, 3.05) is 25.9 Å². The quantitative estimate of drug-likeness (QED) is 0.667. The van der Waals surface area contributed by atoms with Crippen molar-refractivity contribution >= 4 is 28.3 Å². The van der Waals surface area contributed by atoms with E-state index in [4.69, 9.17) is 0 Å². The van der Waals surface area contributed by atoms with Gasteiger partial charge in [0.25, 0.3) is 0 Å². The predicted octanol–water partition coefficient (Wildman–Crippen LogP) is 0.632. The van der Waals surface area contributed by atoms with E-state index < -0.39 is 10.0 Å². The maximum atomic E-state index is 12.4. The van der Waals surface area contributed by atoms with Gasteiger partial charge in [-0.25, -0.2) is 13.1 Å². The van der Waals surface area contributed by atoms with Gasteiger partial charge in [0.15, 0.2) is 0 Å². The Kier molecular flexibility index (Phi) is 5.98. The molecule has 2 saturated carbocycles. The minimum absolute atomic E-state index is 0. The summed E-state index contributed by atoms with van der Waals surface area (Å²) in [6.45, 7) is 2.64. The first-order valence-corrected chi connectivity index (χ1v) is 10.2. The Balaban J connectivity index is 0.00000192. The summed E-state index contributed by atoms with van der Waals surface area (Å²) in [5.41, 5.74) is 0.259. The molecule has 3 aliphatic rings. The Bertz CT molecular complexity index is 534. The van der Waals surface area contributed by atoms with Gasteiger partial charge in [0, 0.05) is 18.5 Å². The van der Waals surface area contributed by atoms with Crippen molar-refractivity contribution in [3.8, 4) is 0 Å². The molecule has 1 aliphatic heterocycles. The molecule has 3 atom stereocenters. The fourth-order valence-corrected chi connectivity index (χ4v) is 5.12. The minimum Gasteiger partial charge on any atom is -0.356 e. The number of nitrogens with one attached hydrogen (secondary N) is 3. The molecule has 0 bridgehead atoms. The molecule has 0 aromatic rings. The number of hydrogen-bond donors (Lipinski definition) is 3. The van der Waals surface area contributed by atoms with Crippen molar-refractivity contribution in [1.29, 1.82) is 0 Å². The van der Waals surface area contributed by atoms with E-state index >= 15 is 0 Å². The first-order chi connectivity index (χ1) is 10.4. The van der Waals surface area contributed by atoms with Crippen LogP contribution in [-0.4, -0.2) is 46.3 Å². The van der Waals surface area contributed by atoms with Gasteiger partial charge < -0.3 is 10.6 Å². The number of carbonyl (C=O) groups excluding carboxylic acids is 1. The van der Waals surface area contributed by atoms with Gasteiger partial charge in [-0.15, -0.1) is 12.4 Å². The molecule has 23 heavy (non-hydrogen) atoms. The Morgan fingerprint density at radius 1 is 1.26 bits per heavy atom. The van der Waals surface area contributed by atoms with E-state index in [1.807, 2.05) is 0 Å². The average Bonchev–Trinajstić information content (AvgIpc) is 2.95. The van der Waals surface area contributed by atoms with Gasteiger partial charge in [-0.3, -0.25) is 4.79 Å². The molecular formula is C15H28ClN3O3S. The van der Waals surface area contributed by atoms with Crippen LogP contribution in [0.5, 0.6) is 0 Å². The van der Waals surface area contributed by atoms with Crippen LogP contribution in [-0.2, 0) is 14.8 Å². The second-order valence-electron chi connectivity index (χ2n) is 7.30. The molecule has 2 aliphatic carbocycles. The molecule has 0 radical (unpaired) electrons. The third-order valence-electron chi connectivity index (χ3n) is 5.67. The van der Waals surface area contributed by atoms with E-state index in [1.165, 1.54) is 6.26 Å². The Morgan fingerprint density at radius 3 is 2.61 bits per heavy atom. The molecule has 6 nitrogen and oxygen atoms in total. The molecule has 1 amide bonds. The molecular weight excluding hydrogens is 338 g/mol. The number of hydrogen-bond acceptors (Lipinski definition) is 4. The van der Waals surface area contributed by atoms with Crippen LogP contribution >= 0.6 is 12.4 Å². The first-order valence-electron chi connectivity index (χ1n) is 8.35. The van der Waals surface area contributed by atoms with Crippen LogP contribution in [0.25, 0.3) is 0 Å². The lowest BCUT2D eigenvalue weighted by Crippen LogP contribution is -2.42. The van der Waals surface area contributed by atoms with Gasteiger partial charge in [-0.05, 0) is 56.5 Å². The summed E-state index contributed by atoms with van der Waals surface area (Å²) in [7, 11) is -3.17. The van der Waals surface area contributed by atoms with Crippen molar-refractivity contribution in [3.63, 3.8) is 0 Å². The van der Waals surface area contributed by atoms with Crippen LogP contribution in [0, 0.1) is 17.3 Å². The van der Waals surface area contributed by atoms with Crippen molar-refractivity contribution in [2.24, 2.45) is 17.3 Å². The maximum Gasteiger partial charge on any atom is 0.223 e. The highest BCUT2D eigenvalue weighted by atomic mass is 35.5. The predicted molar refractivity (Wildman–Crippen MR) is 92.0 cm³/mol. The van der Waals surface area contributed by atoms with Crippen LogP contribution < -0.4 is 15.4 Å². The van der Waals surface area contributed by atoms with Crippen LogP contribution in [0.3, 0.4) is 0 Å². The molecule has 134 valence electrons. The molecule has 3 N–H and O–H groups in total. The molecule has 0 aromatic carbocycles. The van der Waals surface area contributed by atoms with E-state index in [0.29, 0.717) is 6.54 Å². The van der Waals surface area contributed by atoms with E-state index in [1.54, 1.807) is 0 Å². The zero-order valence-electron chi connectivity index (χ0n) is 13.6. The number of rotatable bonds is 5. The molecule has 3 unspecified atom stereocenters. The normalized spacial score (nSPS) is 32.3. The summed E-state index contributed by atoms with van der Waals surface area (Å²) in [5, 5.41) is 6.43. The van der Waals surface area contributed by atoms with Gasteiger partial charge in [0.1, 0.15) is 0 Å². The molecule has 1 spiro atoms. The fourth-order valence-electron chi connectivity index (χ4n) is 4.26. The molecule has 1 saturated heterocycles. The summed E-state index contributed by atoms with van der Waals surface area (Å²) in [6.07, 6.45) is 7.30. The van der Waals surface area contributed by atoms with Gasteiger partial charge >= 0.3 is 0 Å². The van der Waals surface area contributed by atoms with Gasteiger partial charge in [-0.2, -0.15) is 0 Å².